The average molecular weight is 1130 g/mol. The molecule has 75 heavy (non-hydrogen) atoms. The third-order valence-corrected chi connectivity index (χ3v) is 14.2. The number of nitrogens with one attached hydrogen (secondary N) is 1. The number of nitrogens with zero attached hydrogens (tertiary/aromatic N) is 9. The normalized spacial score (nSPS) is 14.5. The van der Waals surface area contributed by atoms with E-state index in [-0.39, 0.29) is 34.5 Å². The van der Waals surface area contributed by atoms with Crippen LogP contribution in [-0.2, 0) is 10.3 Å². The SMILES string of the molecule is Cc1nc(Br)cc(C(O)(c2ccccn2)c2cc(-c3c(C)noc3C)cc3[nH]c(C4CC4)nc23)c1F.Cc1nc(Br)ccc1F.Cc1noc(C)c1-c1cc2c(c(C(=O)c3ccccn3)c1)N=C(C1CC1)B2OC#N. The molecular weight excluding hydrogens is 1090 g/mol. The number of aliphatic hydroxyl groups is 1. The van der Waals surface area contributed by atoms with Crippen LogP contribution in [0.15, 0.2) is 115 Å². The maximum Gasteiger partial charge on any atom is 0.457 e. The fourth-order valence-electron chi connectivity index (χ4n) is 9.43. The maximum atomic E-state index is 15.8. The highest BCUT2D eigenvalue weighted by Gasteiger charge is 2.46. The fourth-order valence-corrected chi connectivity index (χ4v) is 10.3. The smallest absolute Gasteiger partial charge is 0.457 e. The highest BCUT2D eigenvalue weighted by Crippen LogP contribution is 2.46. The first kappa shape index (κ1) is 50.9. The van der Waals surface area contributed by atoms with Gasteiger partial charge in [-0.15, -0.1) is 0 Å². The zero-order valence-electron chi connectivity index (χ0n) is 41.3. The van der Waals surface area contributed by atoms with Crippen LogP contribution in [0.2, 0.25) is 0 Å². The number of halogens is 4. The number of fused-ring (bicyclic) bond motifs is 2. The molecule has 0 spiro atoms. The van der Waals surface area contributed by atoms with E-state index < -0.39 is 18.3 Å². The number of nitriles is 1. The van der Waals surface area contributed by atoms with Crippen LogP contribution in [0, 0.1) is 70.6 Å². The first-order chi connectivity index (χ1) is 36.0. The second-order valence-electron chi connectivity index (χ2n) is 18.6. The predicted molar refractivity (Wildman–Crippen MR) is 284 cm³/mol. The van der Waals surface area contributed by atoms with Crippen LogP contribution >= 0.6 is 31.9 Å². The highest BCUT2D eigenvalue weighted by atomic mass is 79.9. The van der Waals surface area contributed by atoms with Gasteiger partial charge in [0.2, 0.25) is 5.78 Å². The van der Waals surface area contributed by atoms with Crippen molar-refractivity contribution >= 4 is 72.4 Å². The number of carbonyl (C=O) groups excluding carboxylic acids is 1. The van der Waals surface area contributed by atoms with E-state index in [9.17, 15) is 19.6 Å². The van der Waals surface area contributed by atoms with Gasteiger partial charge in [0.1, 0.15) is 38.1 Å². The maximum absolute atomic E-state index is 15.8. The van der Waals surface area contributed by atoms with Gasteiger partial charge in [-0.05, 0) is 182 Å². The van der Waals surface area contributed by atoms with Crippen molar-refractivity contribution < 1.29 is 32.4 Å². The third-order valence-electron chi connectivity index (χ3n) is 13.3. The van der Waals surface area contributed by atoms with Crippen LogP contribution in [0.3, 0.4) is 0 Å². The molecule has 0 bridgehead atoms. The van der Waals surface area contributed by atoms with Gasteiger partial charge in [0.05, 0.1) is 50.8 Å². The first-order valence-electron chi connectivity index (χ1n) is 24.0. The van der Waals surface area contributed by atoms with Crippen molar-refractivity contribution in [2.24, 2.45) is 10.9 Å². The van der Waals surface area contributed by atoms with E-state index in [4.69, 9.17) is 23.7 Å². The molecule has 2 N–H and O–H groups in total. The number of pyridine rings is 4. The molecule has 2 fully saturated rings. The zero-order valence-corrected chi connectivity index (χ0v) is 44.5. The molecule has 9 aromatic rings. The van der Waals surface area contributed by atoms with Crippen LogP contribution in [0.25, 0.3) is 33.3 Å². The number of hydrogen-bond acceptors (Lipinski definition) is 14. The second-order valence-corrected chi connectivity index (χ2v) is 20.3. The molecule has 15 nitrogen and oxygen atoms in total. The topological polar surface area (TPSA) is 215 Å². The molecule has 2 saturated carbocycles. The minimum Gasteiger partial charge on any atom is -0.486 e. The molecule has 376 valence electrons. The van der Waals surface area contributed by atoms with Gasteiger partial charge in [0.25, 0.3) is 6.26 Å². The summed E-state index contributed by atoms with van der Waals surface area (Å²) >= 11 is 6.50. The van der Waals surface area contributed by atoms with Gasteiger partial charge in [-0.25, -0.2) is 23.7 Å². The Labute approximate surface area is 446 Å². The molecule has 1 aliphatic heterocycles. The van der Waals surface area contributed by atoms with Crippen molar-refractivity contribution in [3.63, 3.8) is 0 Å². The van der Waals surface area contributed by atoms with Gasteiger partial charge in [0.15, 0.2) is 11.4 Å². The molecule has 20 heteroatoms. The van der Waals surface area contributed by atoms with Crippen molar-refractivity contribution in [2.45, 2.75) is 78.7 Å². The number of benzene rings is 2. The van der Waals surface area contributed by atoms with Crippen LogP contribution in [-0.4, -0.2) is 63.6 Å². The number of ketones is 1. The Bertz CT molecular complexity index is 3720. The lowest BCUT2D eigenvalue weighted by molar-refractivity contribution is 0.103. The van der Waals surface area contributed by atoms with E-state index >= 15 is 4.39 Å². The number of imidazole rings is 1. The Kier molecular flexibility index (Phi) is 14.0. The Morgan fingerprint density at radius 3 is 2.00 bits per heavy atom. The van der Waals surface area contributed by atoms with Crippen LogP contribution in [0.1, 0.15) is 105 Å². The van der Waals surface area contributed by atoms with Gasteiger partial charge >= 0.3 is 6.92 Å². The number of carbonyl (C=O) groups is 1. The molecule has 7 aromatic heterocycles. The summed E-state index contributed by atoms with van der Waals surface area (Å²) in [6.07, 6.45) is 9.12. The summed E-state index contributed by atoms with van der Waals surface area (Å²) in [6.45, 7) is 10.0. The number of rotatable bonds is 10. The van der Waals surface area contributed by atoms with Crippen molar-refractivity contribution in [1.29, 1.82) is 5.26 Å². The van der Waals surface area contributed by atoms with E-state index in [2.05, 4.69) is 67.1 Å². The lowest BCUT2D eigenvalue weighted by atomic mass is 9.56. The summed E-state index contributed by atoms with van der Waals surface area (Å²) < 4.78 is 45.5. The van der Waals surface area contributed by atoms with E-state index in [0.29, 0.717) is 60.4 Å². The lowest BCUT2D eigenvalue weighted by Crippen LogP contribution is -2.38. The molecule has 2 aromatic carbocycles. The van der Waals surface area contributed by atoms with E-state index in [0.717, 1.165) is 81.7 Å². The number of H-pyrrole nitrogens is 1. The fraction of sp³-hybridized carbons (Fsp3) is 0.236. The van der Waals surface area contributed by atoms with Gasteiger partial charge in [-0.1, -0.05) is 28.5 Å². The third kappa shape index (κ3) is 9.95. The van der Waals surface area contributed by atoms with E-state index in [1.165, 1.54) is 12.1 Å². The summed E-state index contributed by atoms with van der Waals surface area (Å²) in [5.74, 6) is 1.70. The largest absolute Gasteiger partial charge is 0.486 e. The monoisotopic (exact) mass is 1130 g/mol. The highest BCUT2D eigenvalue weighted by molar-refractivity contribution is 9.10. The molecule has 2 aliphatic carbocycles. The Hall–Kier alpha value is -7.60. The Balaban J connectivity index is 0.000000148. The van der Waals surface area contributed by atoms with Crippen LogP contribution < -0.4 is 5.46 Å². The van der Waals surface area contributed by atoms with Crippen molar-refractivity contribution in [3.8, 4) is 28.5 Å². The van der Waals surface area contributed by atoms with Crippen LogP contribution in [0.4, 0.5) is 14.5 Å². The summed E-state index contributed by atoms with van der Waals surface area (Å²) in [5, 5.41) is 30.0. The summed E-state index contributed by atoms with van der Waals surface area (Å²) in [5.41, 5.74) is 8.14. The van der Waals surface area contributed by atoms with Crippen LogP contribution in [0.5, 0.6) is 0 Å². The average Bonchev–Trinajstić information content (AvgIpc) is 4.31. The molecule has 3 aliphatic rings. The molecule has 0 saturated heterocycles. The number of aromatic amines is 1. The van der Waals surface area contributed by atoms with Crippen molar-refractivity contribution in [3.05, 3.63) is 180 Å². The zero-order chi connectivity index (χ0) is 52.9. The van der Waals surface area contributed by atoms with E-state index in [1.807, 2.05) is 58.2 Å². The second kappa shape index (κ2) is 20.6. The quantitative estimate of drug-likeness (QED) is 0.0565. The molecule has 1 unspecified atom stereocenters. The lowest BCUT2D eigenvalue weighted by Gasteiger charge is -2.30. The number of aliphatic imine (C=N–C) groups is 1. The van der Waals surface area contributed by atoms with Crippen molar-refractivity contribution in [1.82, 2.24) is 40.2 Å². The van der Waals surface area contributed by atoms with Gasteiger partial charge in [-0.3, -0.25) is 19.8 Å². The minimum absolute atomic E-state index is 0.0359. The van der Waals surface area contributed by atoms with Gasteiger partial charge < -0.3 is 23.8 Å². The summed E-state index contributed by atoms with van der Waals surface area (Å²) in [4.78, 5) is 43.2. The first-order valence-corrected chi connectivity index (χ1v) is 25.6. The van der Waals surface area contributed by atoms with Gasteiger partial charge in [-0.2, -0.15) is 5.26 Å². The van der Waals surface area contributed by atoms with Crippen molar-refractivity contribution in [2.75, 3.05) is 0 Å². The molecule has 1 atom stereocenters. The minimum atomic E-state index is -1.97. The molecule has 0 amide bonds. The number of aryl methyl sites for hydroxylation is 6. The molecule has 8 heterocycles. The number of aromatic nitrogens is 8. The van der Waals surface area contributed by atoms with E-state index in [1.54, 1.807) is 68.7 Å². The standard InChI is InChI=1S/C27H23BrFN5O2.C22H17BN4O3.C6H5BrFN/c1-13-23(15(3)36-34-13)17-10-19(25-20(11-17)32-26(33-25)16-7-8-16)27(35,21-6-4-5-9-30-21)18-12-22(28)31-14(2)24(18)29;1-12-19(13(2)30-27-12)15-9-16(21(28)18-5-3-4-8-25-18)20-17(10-15)23(29-11-24)22(26-20)14-6-7-14;1-4-5(8)2-3-6(7)9-4/h4-6,9-12,16,35H,7-8H2,1-3H3,(H,32,33);3-5,8-10,14H,6-7H2,1-2H3;2-3H,1H3. The number of hydrogen-bond donors (Lipinski definition) is 2. The molecule has 12 rings (SSSR count). The Morgan fingerprint density at radius 2 is 1.43 bits per heavy atom. The summed E-state index contributed by atoms with van der Waals surface area (Å²) in [6, 6.07) is 22.4. The van der Waals surface area contributed by atoms with Gasteiger partial charge in [0, 0.05) is 46.2 Å². The molecule has 0 radical (unpaired) electrons. The Morgan fingerprint density at radius 1 is 0.773 bits per heavy atom. The summed E-state index contributed by atoms with van der Waals surface area (Å²) in [7, 11) is 0. The molecular formula is C55H45BBr2F2N10O5. The predicted octanol–water partition coefficient (Wildman–Crippen LogP) is 11.6.